The van der Waals surface area contributed by atoms with Gasteiger partial charge in [-0.05, 0) is 50.6 Å². The summed E-state index contributed by atoms with van der Waals surface area (Å²) in [5, 5.41) is 0.600. The molecular formula is C19H19ClO4. The maximum absolute atomic E-state index is 12.0. The average Bonchev–Trinajstić information content (AvgIpc) is 2.82. The van der Waals surface area contributed by atoms with Gasteiger partial charge in [0, 0.05) is 17.0 Å². The second-order valence-corrected chi connectivity index (χ2v) is 6.89. The summed E-state index contributed by atoms with van der Waals surface area (Å²) >= 11 is 5.89. The van der Waals surface area contributed by atoms with Gasteiger partial charge in [0.2, 0.25) is 0 Å². The van der Waals surface area contributed by atoms with Gasteiger partial charge in [-0.2, -0.15) is 0 Å². The summed E-state index contributed by atoms with van der Waals surface area (Å²) in [7, 11) is 0. The van der Waals surface area contributed by atoms with Crippen LogP contribution in [-0.2, 0) is 11.2 Å². The van der Waals surface area contributed by atoms with Crippen molar-refractivity contribution in [3.05, 3.63) is 52.5 Å². The van der Waals surface area contributed by atoms with Crippen LogP contribution >= 0.6 is 11.6 Å². The number of benzene rings is 2. The lowest BCUT2D eigenvalue weighted by atomic mass is 10.0. The van der Waals surface area contributed by atoms with Crippen LogP contribution < -0.4 is 14.2 Å². The van der Waals surface area contributed by atoms with Crippen LogP contribution in [0.5, 0.6) is 17.2 Å². The van der Waals surface area contributed by atoms with Crippen molar-refractivity contribution in [3.63, 3.8) is 0 Å². The minimum atomic E-state index is -0.477. The molecule has 0 saturated heterocycles. The SMILES string of the molecule is Cc1cc(Cl)ccc1OC(=O)COc1cccc2c1OC(C)(C)C2. The van der Waals surface area contributed by atoms with Crippen LogP contribution in [0, 0.1) is 6.92 Å². The molecule has 0 fully saturated rings. The van der Waals surface area contributed by atoms with Crippen molar-refractivity contribution in [1.29, 1.82) is 0 Å². The van der Waals surface area contributed by atoms with Crippen molar-refractivity contribution in [3.8, 4) is 17.2 Å². The van der Waals surface area contributed by atoms with E-state index in [0.29, 0.717) is 22.3 Å². The Morgan fingerprint density at radius 3 is 2.79 bits per heavy atom. The molecule has 0 N–H and O–H groups in total. The summed E-state index contributed by atoms with van der Waals surface area (Å²) in [4.78, 5) is 12.0. The van der Waals surface area contributed by atoms with Crippen molar-refractivity contribution in [2.24, 2.45) is 0 Å². The van der Waals surface area contributed by atoms with Gasteiger partial charge >= 0.3 is 5.97 Å². The van der Waals surface area contributed by atoms with Crippen molar-refractivity contribution < 1.29 is 19.0 Å². The standard InChI is InChI=1S/C19H19ClO4/c1-12-9-14(20)7-8-15(12)23-17(21)11-22-16-6-4-5-13-10-19(2,3)24-18(13)16/h4-9H,10-11H2,1-3H3. The fourth-order valence-corrected chi connectivity index (χ4v) is 2.94. The monoisotopic (exact) mass is 346 g/mol. The van der Waals surface area contributed by atoms with E-state index in [9.17, 15) is 4.79 Å². The fraction of sp³-hybridized carbons (Fsp3) is 0.316. The van der Waals surface area contributed by atoms with Crippen LogP contribution in [0.3, 0.4) is 0 Å². The minimum Gasteiger partial charge on any atom is -0.483 e. The van der Waals surface area contributed by atoms with Crippen LogP contribution in [0.15, 0.2) is 36.4 Å². The van der Waals surface area contributed by atoms with Crippen LogP contribution in [0.4, 0.5) is 0 Å². The minimum absolute atomic E-state index is 0.192. The molecule has 5 heteroatoms. The molecule has 0 radical (unpaired) electrons. The number of hydrogen-bond donors (Lipinski definition) is 0. The van der Waals surface area contributed by atoms with Gasteiger partial charge < -0.3 is 14.2 Å². The lowest BCUT2D eigenvalue weighted by molar-refractivity contribution is -0.136. The normalized spacial score (nSPS) is 14.7. The highest BCUT2D eigenvalue weighted by molar-refractivity contribution is 6.30. The van der Waals surface area contributed by atoms with Crippen molar-refractivity contribution in [2.75, 3.05) is 6.61 Å². The number of carbonyl (C=O) groups excluding carboxylic acids is 1. The number of ether oxygens (including phenoxy) is 3. The van der Waals surface area contributed by atoms with Gasteiger partial charge in [0.25, 0.3) is 0 Å². The molecule has 3 rings (SSSR count). The molecule has 1 aliphatic heterocycles. The topological polar surface area (TPSA) is 44.8 Å². The summed E-state index contributed by atoms with van der Waals surface area (Å²) in [5.74, 6) is 1.26. The second-order valence-electron chi connectivity index (χ2n) is 6.46. The molecule has 1 aliphatic rings. The first-order chi connectivity index (χ1) is 11.3. The van der Waals surface area contributed by atoms with E-state index in [4.69, 9.17) is 25.8 Å². The number of carbonyl (C=O) groups is 1. The second kappa shape index (κ2) is 6.36. The number of aryl methyl sites for hydroxylation is 1. The Balaban J connectivity index is 1.65. The molecule has 2 aromatic rings. The molecule has 126 valence electrons. The highest BCUT2D eigenvalue weighted by Gasteiger charge is 2.32. The predicted octanol–water partition coefficient (Wildman–Crippen LogP) is 4.35. The number of halogens is 1. The largest absolute Gasteiger partial charge is 0.483 e. The molecule has 4 nitrogen and oxygen atoms in total. The van der Waals surface area contributed by atoms with Crippen LogP contribution in [0.1, 0.15) is 25.0 Å². The molecule has 0 spiro atoms. The Bertz CT molecular complexity index is 783. The quantitative estimate of drug-likeness (QED) is 0.610. The molecule has 0 aromatic heterocycles. The molecule has 0 unspecified atom stereocenters. The number of para-hydroxylation sites is 1. The van der Waals surface area contributed by atoms with Crippen molar-refractivity contribution in [2.45, 2.75) is 32.8 Å². The highest BCUT2D eigenvalue weighted by atomic mass is 35.5. The lowest BCUT2D eigenvalue weighted by Gasteiger charge is -2.18. The van der Waals surface area contributed by atoms with Gasteiger partial charge in [0.05, 0.1) is 0 Å². The Morgan fingerprint density at radius 2 is 2.04 bits per heavy atom. The third-order valence-electron chi connectivity index (χ3n) is 3.76. The Hall–Kier alpha value is -2.20. The lowest BCUT2D eigenvalue weighted by Crippen LogP contribution is -2.25. The maximum Gasteiger partial charge on any atom is 0.349 e. The van der Waals surface area contributed by atoms with Crippen molar-refractivity contribution in [1.82, 2.24) is 0 Å². The van der Waals surface area contributed by atoms with Gasteiger partial charge in [-0.3, -0.25) is 0 Å². The van der Waals surface area contributed by atoms with Crippen molar-refractivity contribution >= 4 is 17.6 Å². The smallest absolute Gasteiger partial charge is 0.349 e. The molecule has 2 aromatic carbocycles. The highest BCUT2D eigenvalue weighted by Crippen LogP contribution is 2.41. The molecule has 0 saturated carbocycles. The van der Waals surface area contributed by atoms with Crippen LogP contribution in [0.2, 0.25) is 5.02 Å². The molecule has 0 bridgehead atoms. The first-order valence-corrected chi connectivity index (χ1v) is 8.12. The summed E-state index contributed by atoms with van der Waals surface area (Å²) < 4.78 is 16.8. The zero-order valence-corrected chi connectivity index (χ0v) is 14.6. The molecule has 1 heterocycles. The first kappa shape index (κ1) is 16.7. The Morgan fingerprint density at radius 1 is 1.25 bits per heavy atom. The summed E-state index contributed by atoms with van der Waals surface area (Å²) in [6.07, 6.45) is 0.813. The van der Waals surface area contributed by atoms with Gasteiger partial charge in [0.15, 0.2) is 18.1 Å². The first-order valence-electron chi connectivity index (χ1n) is 7.75. The number of esters is 1. The molecule has 0 amide bonds. The van der Waals surface area contributed by atoms with E-state index in [0.717, 1.165) is 17.5 Å². The molecule has 24 heavy (non-hydrogen) atoms. The third-order valence-corrected chi connectivity index (χ3v) is 4.00. The summed E-state index contributed by atoms with van der Waals surface area (Å²) in [5.41, 5.74) is 1.61. The molecule has 0 atom stereocenters. The number of rotatable bonds is 4. The zero-order valence-electron chi connectivity index (χ0n) is 13.9. The van der Waals surface area contributed by atoms with E-state index in [1.54, 1.807) is 24.3 Å². The van der Waals surface area contributed by atoms with E-state index in [2.05, 4.69) is 0 Å². The molecule has 0 aliphatic carbocycles. The third kappa shape index (κ3) is 3.65. The predicted molar refractivity (Wildman–Crippen MR) is 92.2 cm³/mol. The van der Waals surface area contributed by atoms with Gasteiger partial charge in [-0.1, -0.05) is 23.7 Å². The van der Waals surface area contributed by atoms with Gasteiger partial charge in [-0.25, -0.2) is 4.79 Å². The van der Waals surface area contributed by atoms with Gasteiger partial charge in [0.1, 0.15) is 11.4 Å². The van der Waals surface area contributed by atoms with E-state index >= 15 is 0 Å². The molecular weight excluding hydrogens is 328 g/mol. The van der Waals surface area contributed by atoms with E-state index in [-0.39, 0.29) is 12.2 Å². The Labute approximate surface area is 146 Å². The van der Waals surface area contributed by atoms with E-state index in [1.165, 1.54) is 0 Å². The maximum atomic E-state index is 12.0. The zero-order chi connectivity index (χ0) is 17.3. The van der Waals surface area contributed by atoms with Crippen LogP contribution in [0.25, 0.3) is 0 Å². The van der Waals surface area contributed by atoms with E-state index in [1.807, 2.05) is 32.9 Å². The Kier molecular flexibility index (Phi) is 4.41. The van der Waals surface area contributed by atoms with Crippen LogP contribution in [-0.4, -0.2) is 18.2 Å². The average molecular weight is 347 g/mol. The fourth-order valence-electron chi connectivity index (χ4n) is 2.72. The van der Waals surface area contributed by atoms with Gasteiger partial charge in [-0.15, -0.1) is 0 Å². The number of hydrogen-bond acceptors (Lipinski definition) is 4. The summed E-state index contributed by atoms with van der Waals surface area (Å²) in [6, 6.07) is 10.8. The van der Waals surface area contributed by atoms with E-state index < -0.39 is 5.97 Å². The number of fused-ring (bicyclic) bond motifs is 1. The summed E-state index contributed by atoms with van der Waals surface area (Å²) in [6.45, 7) is 5.68.